The maximum Gasteiger partial charge on any atom is 0.112 e. The van der Waals surface area contributed by atoms with Gasteiger partial charge in [0, 0.05) is 39.6 Å². The zero-order valence-electron chi connectivity index (χ0n) is 37.7. The second-order valence-corrected chi connectivity index (χ2v) is 16.9. The van der Waals surface area contributed by atoms with Crippen LogP contribution in [-0.4, -0.2) is 98.8 Å². The Morgan fingerprint density at radius 3 is 1.78 bits per heavy atom. The predicted molar refractivity (Wildman–Crippen MR) is 242 cm³/mol. The molecule has 336 valence electrons. The lowest BCUT2D eigenvalue weighted by Crippen LogP contribution is -2.38. The van der Waals surface area contributed by atoms with Gasteiger partial charge in [0.1, 0.15) is 25.4 Å². The molecule has 2 heterocycles. The average Bonchev–Trinajstić information content (AvgIpc) is 3.78. The molecule has 0 aromatic rings. The van der Waals surface area contributed by atoms with E-state index >= 15 is 0 Å². The first-order chi connectivity index (χ1) is 28.4. The Bertz CT molecular complexity index is 1040. The summed E-state index contributed by atoms with van der Waals surface area (Å²) in [6, 6.07) is 0. The van der Waals surface area contributed by atoms with Crippen molar-refractivity contribution in [3.8, 4) is 0 Å². The van der Waals surface area contributed by atoms with Crippen LogP contribution in [-0.2, 0) is 23.7 Å². The fraction of sp³-hybridized carbons (Fsp3) is 0.800. The predicted octanol–water partition coefficient (Wildman–Crippen LogP) is 11.7. The van der Waals surface area contributed by atoms with Crippen molar-refractivity contribution in [2.24, 2.45) is 0 Å². The van der Waals surface area contributed by atoms with Crippen molar-refractivity contribution >= 4 is 0 Å². The minimum absolute atomic E-state index is 0.174. The Hall–Kier alpha value is -1.94. The molecule has 0 aromatic carbocycles. The van der Waals surface area contributed by atoms with Crippen molar-refractivity contribution in [1.29, 1.82) is 0 Å². The smallest absolute Gasteiger partial charge is 0.112 e. The molecule has 58 heavy (non-hydrogen) atoms. The highest BCUT2D eigenvalue weighted by atomic mass is 16.6. The zero-order valence-corrected chi connectivity index (χ0v) is 37.7. The molecule has 1 saturated carbocycles. The number of ether oxygens (including phenoxy) is 5. The van der Waals surface area contributed by atoms with E-state index in [0.717, 1.165) is 121 Å². The molecule has 3 rings (SSSR count). The van der Waals surface area contributed by atoms with Gasteiger partial charge in [0.25, 0.3) is 0 Å². The lowest BCUT2D eigenvalue weighted by atomic mass is 10.1. The Labute approximate surface area is 356 Å². The van der Waals surface area contributed by atoms with Gasteiger partial charge in [-0.3, -0.25) is 4.90 Å². The largest absolute Gasteiger partial charge is 0.495 e. The molecule has 8 heteroatoms. The minimum Gasteiger partial charge on any atom is -0.495 e. The van der Waals surface area contributed by atoms with Crippen LogP contribution in [0.5, 0.6) is 0 Å². The molecule has 0 aromatic heterocycles. The maximum atomic E-state index is 10.9. The number of unbranched alkanes of at least 4 members (excludes halogenated alkanes) is 13. The molecule has 0 bridgehead atoms. The third-order valence-corrected chi connectivity index (χ3v) is 11.3. The number of hydrogen-bond donors (Lipinski definition) is 2. The summed E-state index contributed by atoms with van der Waals surface area (Å²) in [6.07, 6.45) is 39.0. The number of aliphatic hydroxyl groups excluding tert-OH is 2. The normalized spacial score (nSPS) is 19.7. The Kier molecular flexibility index (Phi) is 32.2. The second-order valence-electron chi connectivity index (χ2n) is 16.9. The van der Waals surface area contributed by atoms with Crippen molar-refractivity contribution < 1.29 is 33.9 Å². The first-order valence-corrected chi connectivity index (χ1v) is 23.8. The van der Waals surface area contributed by atoms with E-state index in [-0.39, 0.29) is 24.4 Å². The monoisotopic (exact) mass is 816 g/mol. The second kappa shape index (κ2) is 35.8. The molecular formula is C50H89NO7. The number of aliphatic hydroxyl groups is 2. The molecule has 0 amide bonds. The van der Waals surface area contributed by atoms with Crippen LogP contribution < -0.4 is 0 Å². The first-order valence-electron chi connectivity index (χ1n) is 23.8. The van der Waals surface area contributed by atoms with Gasteiger partial charge in [0.15, 0.2) is 0 Å². The van der Waals surface area contributed by atoms with Gasteiger partial charge < -0.3 is 33.9 Å². The first kappa shape index (κ1) is 52.2. The minimum atomic E-state index is -0.359. The summed E-state index contributed by atoms with van der Waals surface area (Å²) < 4.78 is 27.6. The molecule has 1 aliphatic carbocycles. The molecule has 3 aliphatic rings. The van der Waals surface area contributed by atoms with Crippen LogP contribution >= 0.6 is 0 Å². The molecule has 8 nitrogen and oxygen atoms in total. The van der Waals surface area contributed by atoms with Gasteiger partial charge in [0.2, 0.25) is 0 Å². The van der Waals surface area contributed by atoms with Gasteiger partial charge in [-0.25, -0.2) is 0 Å². The summed E-state index contributed by atoms with van der Waals surface area (Å²) in [5, 5.41) is 21.7. The number of methoxy groups -OCH3 is 1. The van der Waals surface area contributed by atoms with Crippen LogP contribution in [0.15, 0.2) is 60.6 Å². The fourth-order valence-corrected chi connectivity index (χ4v) is 7.55. The van der Waals surface area contributed by atoms with E-state index in [4.69, 9.17) is 23.7 Å². The molecule has 2 N–H and O–H groups in total. The third-order valence-electron chi connectivity index (χ3n) is 11.3. The third kappa shape index (κ3) is 28.5. The van der Waals surface area contributed by atoms with Gasteiger partial charge >= 0.3 is 0 Å². The SMILES string of the molecule is C=C(CCCCCC(O)CN(CCCC=C1CC1)CC(O)CCCCCC(=C)OC/C=C\CCCCCC)OC/C=C\CCCCCC.COC1COC2CCOC12. The lowest BCUT2D eigenvalue weighted by Gasteiger charge is -2.27. The van der Waals surface area contributed by atoms with Crippen molar-refractivity contribution in [3.63, 3.8) is 0 Å². The van der Waals surface area contributed by atoms with E-state index in [0.29, 0.717) is 39.0 Å². The molecule has 0 spiro atoms. The van der Waals surface area contributed by atoms with Crippen LogP contribution in [0.3, 0.4) is 0 Å². The molecule has 3 fully saturated rings. The molecule has 2 saturated heterocycles. The molecular weight excluding hydrogens is 727 g/mol. The molecule has 2 aliphatic heterocycles. The van der Waals surface area contributed by atoms with Gasteiger partial charge in [-0.05, 0) is 90.0 Å². The van der Waals surface area contributed by atoms with Crippen LogP contribution in [0.4, 0.5) is 0 Å². The zero-order chi connectivity index (χ0) is 41.9. The van der Waals surface area contributed by atoms with Crippen molar-refractivity contribution in [2.75, 3.05) is 53.2 Å². The number of fused-ring (bicyclic) bond motifs is 1. The van der Waals surface area contributed by atoms with Crippen LogP contribution in [0, 0.1) is 0 Å². The van der Waals surface area contributed by atoms with Gasteiger partial charge in [-0.1, -0.05) is 127 Å². The molecule has 5 unspecified atom stereocenters. The molecule has 5 atom stereocenters. The number of nitrogens with zero attached hydrogens (tertiary/aromatic N) is 1. The summed E-state index contributed by atoms with van der Waals surface area (Å²) in [4.78, 5) is 2.29. The van der Waals surface area contributed by atoms with Gasteiger partial charge in [-0.2, -0.15) is 0 Å². The number of allylic oxidation sites excluding steroid dienone is 6. The highest BCUT2D eigenvalue weighted by Crippen LogP contribution is 2.28. The molecule has 0 radical (unpaired) electrons. The highest BCUT2D eigenvalue weighted by Gasteiger charge is 2.41. The van der Waals surface area contributed by atoms with E-state index in [9.17, 15) is 10.2 Å². The highest BCUT2D eigenvalue weighted by molar-refractivity contribution is 5.15. The van der Waals surface area contributed by atoms with Crippen molar-refractivity contribution in [3.05, 3.63) is 60.6 Å². The van der Waals surface area contributed by atoms with E-state index in [1.807, 2.05) is 0 Å². The quantitative estimate of drug-likeness (QED) is 0.0364. The number of hydrogen-bond acceptors (Lipinski definition) is 8. The Morgan fingerprint density at radius 2 is 1.26 bits per heavy atom. The fourth-order valence-electron chi connectivity index (χ4n) is 7.55. The lowest BCUT2D eigenvalue weighted by molar-refractivity contribution is -0.00727. The summed E-state index contributed by atoms with van der Waals surface area (Å²) in [6.45, 7) is 17.6. The summed E-state index contributed by atoms with van der Waals surface area (Å²) in [5.74, 6) is 1.73. The van der Waals surface area contributed by atoms with E-state index in [1.54, 1.807) is 12.7 Å². The van der Waals surface area contributed by atoms with E-state index < -0.39 is 0 Å². The van der Waals surface area contributed by atoms with Crippen molar-refractivity contribution in [2.45, 2.75) is 205 Å². The summed E-state index contributed by atoms with van der Waals surface area (Å²) in [7, 11) is 1.71. The van der Waals surface area contributed by atoms with Crippen LogP contribution in [0.25, 0.3) is 0 Å². The van der Waals surface area contributed by atoms with E-state index in [1.165, 1.54) is 64.2 Å². The van der Waals surface area contributed by atoms with Gasteiger partial charge in [0.05, 0.1) is 36.4 Å². The van der Waals surface area contributed by atoms with Crippen LogP contribution in [0.1, 0.15) is 174 Å². The maximum absolute atomic E-state index is 10.9. The summed E-state index contributed by atoms with van der Waals surface area (Å²) >= 11 is 0. The number of rotatable bonds is 37. The topological polar surface area (TPSA) is 89.9 Å². The van der Waals surface area contributed by atoms with Crippen LogP contribution in [0.2, 0.25) is 0 Å². The summed E-state index contributed by atoms with van der Waals surface area (Å²) in [5.41, 5.74) is 1.59. The van der Waals surface area contributed by atoms with Gasteiger partial charge in [-0.15, -0.1) is 0 Å². The Morgan fingerprint density at radius 1 is 0.707 bits per heavy atom. The van der Waals surface area contributed by atoms with E-state index in [2.05, 4.69) is 62.3 Å². The standard InChI is InChI=1S/C43H77NO4.C7H12O3/c1-5-7-9-11-13-15-25-35-47-39(3)27-19-17-21-30-42(45)37-44(34-24-23-29-41-32-33-41)38-43(46)31-22-18-20-28-40(4)48-36-26-16-14-12-10-8-6-2;1-8-6-4-10-5-2-3-9-7(5)6/h15-16,25-26,29,42-43,45-46H,3-14,17-24,27-28,30-38H2,1-2H3;5-7H,2-4H2,1H3/b25-15-,26-16-;. The average molecular weight is 816 g/mol. The Balaban J connectivity index is 0.000000989. The van der Waals surface area contributed by atoms with Crippen molar-refractivity contribution in [1.82, 2.24) is 4.90 Å².